The van der Waals surface area contributed by atoms with Crippen LogP contribution >= 0.6 is 0 Å². The molecule has 98 valence electrons. The molecule has 5 nitrogen and oxygen atoms in total. The lowest BCUT2D eigenvalue weighted by Crippen LogP contribution is -2.22. The number of rotatable bonds is 6. The maximum Gasteiger partial charge on any atom is 0.149 e. The van der Waals surface area contributed by atoms with Crippen LogP contribution < -0.4 is 5.32 Å². The molecule has 1 aromatic rings. The lowest BCUT2D eigenvalue weighted by molar-refractivity contribution is 0.577. The fraction of sp³-hybridized carbons (Fsp3) is 0.727. The third-order valence-corrected chi connectivity index (χ3v) is 3.50. The van der Waals surface area contributed by atoms with Crippen molar-refractivity contribution in [2.24, 2.45) is 0 Å². The van der Waals surface area contributed by atoms with Gasteiger partial charge in [0.2, 0.25) is 0 Å². The Labute approximate surface area is 103 Å². The third kappa shape index (κ3) is 4.87. The summed E-state index contributed by atoms with van der Waals surface area (Å²) in [6.07, 6.45) is 3.04. The summed E-state index contributed by atoms with van der Waals surface area (Å²) in [7, 11) is -2.93. The van der Waals surface area contributed by atoms with Crippen LogP contribution in [0.1, 0.15) is 25.1 Å². The molecule has 0 fully saturated rings. The molecule has 0 amide bonds. The van der Waals surface area contributed by atoms with Gasteiger partial charge in [0.25, 0.3) is 0 Å². The summed E-state index contributed by atoms with van der Waals surface area (Å²) < 4.78 is 23.9. The van der Waals surface area contributed by atoms with Gasteiger partial charge in [-0.05, 0) is 6.92 Å². The highest BCUT2D eigenvalue weighted by atomic mass is 32.2. The molecule has 0 aliphatic carbocycles. The maximum atomic E-state index is 11.1. The third-order valence-electron chi connectivity index (χ3n) is 2.58. The van der Waals surface area contributed by atoms with E-state index in [0.717, 1.165) is 17.8 Å². The van der Waals surface area contributed by atoms with Gasteiger partial charge in [-0.3, -0.25) is 4.68 Å². The Balaban J connectivity index is 2.64. The van der Waals surface area contributed by atoms with Crippen LogP contribution in [0.4, 0.5) is 0 Å². The molecule has 0 unspecified atom stereocenters. The van der Waals surface area contributed by atoms with E-state index in [1.807, 2.05) is 6.92 Å². The SMILES string of the molecule is Cc1c(CNC(C)C)cnn1CCS(C)(=O)=O. The first-order chi connectivity index (χ1) is 7.79. The predicted octanol–water partition coefficient (Wildman–Crippen LogP) is 0.734. The Morgan fingerprint density at radius 3 is 2.65 bits per heavy atom. The lowest BCUT2D eigenvalue weighted by atomic mass is 10.2. The van der Waals surface area contributed by atoms with Crippen LogP contribution in [0.15, 0.2) is 6.20 Å². The van der Waals surface area contributed by atoms with Gasteiger partial charge in [0.05, 0.1) is 18.5 Å². The Bertz CT molecular complexity index is 463. The highest BCUT2D eigenvalue weighted by Gasteiger charge is 2.09. The van der Waals surface area contributed by atoms with Crippen LogP contribution in [0, 0.1) is 6.92 Å². The van der Waals surface area contributed by atoms with E-state index in [4.69, 9.17) is 0 Å². The van der Waals surface area contributed by atoms with Crippen LogP contribution in [0.3, 0.4) is 0 Å². The Kier molecular flexibility index (Phi) is 4.70. The molecule has 0 saturated carbocycles. The molecule has 17 heavy (non-hydrogen) atoms. The second-order valence-electron chi connectivity index (χ2n) is 4.64. The Morgan fingerprint density at radius 2 is 2.12 bits per heavy atom. The minimum atomic E-state index is -2.93. The number of hydrogen-bond acceptors (Lipinski definition) is 4. The van der Waals surface area contributed by atoms with Crippen LogP contribution in [0.5, 0.6) is 0 Å². The highest BCUT2D eigenvalue weighted by molar-refractivity contribution is 7.90. The monoisotopic (exact) mass is 259 g/mol. The van der Waals surface area contributed by atoms with E-state index in [9.17, 15) is 8.42 Å². The molecule has 0 bridgehead atoms. The largest absolute Gasteiger partial charge is 0.310 e. The zero-order valence-electron chi connectivity index (χ0n) is 10.9. The quantitative estimate of drug-likeness (QED) is 0.818. The standard InChI is InChI=1S/C11H21N3O2S/c1-9(2)12-7-11-8-13-14(10(11)3)5-6-17(4,15)16/h8-9,12H,5-7H2,1-4H3. The number of nitrogens with zero attached hydrogens (tertiary/aromatic N) is 2. The van der Waals surface area contributed by atoms with Gasteiger partial charge in [-0.1, -0.05) is 13.8 Å². The minimum Gasteiger partial charge on any atom is -0.310 e. The molecule has 1 N–H and O–H groups in total. The number of aromatic nitrogens is 2. The van der Waals surface area contributed by atoms with E-state index in [-0.39, 0.29) is 5.75 Å². The summed E-state index contributed by atoms with van der Waals surface area (Å²) in [5.41, 5.74) is 2.15. The summed E-state index contributed by atoms with van der Waals surface area (Å²) >= 11 is 0. The van der Waals surface area contributed by atoms with Crippen molar-refractivity contribution in [2.75, 3.05) is 12.0 Å². The second kappa shape index (κ2) is 5.64. The van der Waals surface area contributed by atoms with Gasteiger partial charge < -0.3 is 5.32 Å². The molecule has 1 heterocycles. The maximum absolute atomic E-state index is 11.1. The first-order valence-corrected chi connectivity index (χ1v) is 7.78. The smallest absolute Gasteiger partial charge is 0.149 e. The van der Waals surface area contributed by atoms with Gasteiger partial charge >= 0.3 is 0 Å². The molecule has 0 aliphatic heterocycles. The van der Waals surface area contributed by atoms with Crippen molar-refractivity contribution in [3.8, 4) is 0 Å². The van der Waals surface area contributed by atoms with E-state index >= 15 is 0 Å². The number of sulfone groups is 1. The normalized spacial score (nSPS) is 12.3. The first kappa shape index (κ1) is 14.2. The summed E-state index contributed by atoms with van der Waals surface area (Å²) in [5.74, 6) is 0.132. The van der Waals surface area contributed by atoms with Crippen molar-refractivity contribution in [1.82, 2.24) is 15.1 Å². The van der Waals surface area contributed by atoms with Crippen molar-refractivity contribution >= 4 is 9.84 Å². The average molecular weight is 259 g/mol. The summed E-state index contributed by atoms with van der Waals surface area (Å²) in [4.78, 5) is 0. The van der Waals surface area contributed by atoms with E-state index in [1.165, 1.54) is 6.26 Å². The molecule has 6 heteroatoms. The lowest BCUT2D eigenvalue weighted by Gasteiger charge is -2.08. The van der Waals surface area contributed by atoms with Gasteiger partial charge in [-0.2, -0.15) is 5.10 Å². The zero-order valence-corrected chi connectivity index (χ0v) is 11.7. The number of hydrogen-bond donors (Lipinski definition) is 1. The van der Waals surface area contributed by atoms with Crippen LogP contribution in [-0.4, -0.2) is 36.2 Å². The summed E-state index contributed by atoms with van der Waals surface area (Å²) in [5, 5.41) is 7.53. The molecule has 0 spiro atoms. The topological polar surface area (TPSA) is 64.0 Å². The van der Waals surface area contributed by atoms with Gasteiger partial charge in [0.15, 0.2) is 0 Å². The number of aryl methyl sites for hydroxylation is 1. The van der Waals surface area contributed by atoms with Crippen molar-refractivity contribution in [2.45, 2.75) is 39.9 Å². The van der Waals surface area contributed by atoms with E-state index in [2.05, 4.69) is 24.3 Å². The van der Waals surface area contributed by atoms with Crippen molar-refractivity contribution in [1.29, 1.82) is 0 Å². The van der Waals surface area contributed by atoms with Crippen molar-refractivity contribution in [3.05, 3.63) is 17.5 Å². The molecule has 0 aromatic carbocycles. The van der Waals surface area contributed by atoms with Crippen LogP contribution in [0.25, 0.3) is 0 Å². The van der Waals surface area contributed by atoms with Crippen LogP contribution in [0.2, 0.25) is 0 Å². The zero-order chi connectivity index (χ0) is 13.1. The molecule has 1 rings (SSSR count). The van der Waals surface area contributed by atoms with Gasteiger partial charge in [-0.15, -0.1) is 0 Å². The fourth-order valence-electron chi connectivity index (χ4n) is 1.45. The Hall–Kier alpha value is -0.880. The van der Waals surface area contributed by atoms with Crippen molar-refractivity contribution in [3.63, 3.8) is 0 Å². The van der Waals surface area contributed by atoms with Gasteiger partial charge in [0, 0.05) is 30.1 Å². The molecular formula is C11H21N3O2S. The molecular weight excluding hydrogens is 238 g/mol. The molecule has 1 aromatic heterocycles. The molecule has 0 radical (unpaired) electrons. The van der Waals surface area contributed by atoms with Gasteiger partial charge in [-0.25, -0.2) is 8.42 Å². The minimum absolute atomic E-state index is 0.132. The summed E-state index contributed by atoms with van der Waals surface area (Å²) in [6, 6.07) is 0.425. The summed E-state index contributed by atoms with van der Waals surface area (Å²) in [6.45, 7) is 7.33. The number of nitrogens with one attached hydrogen (secondary N) is 1. The highest BCUT2D eigenvalue weighted by Crippen LogP contribution is 2.07. The van der Waals surface area contributed by atoms with E-state index < -0.39 is 9.84 Å². The molecule has 0 saturated heterocycles. The fourth-order valence-corrected chi connectivity index (χ4v) is 1.96. The van der Waals surface area contributed by atoms with Crippen LogP contribution in [-0.2, 0) is 22.9 Å². The Morgan fingerprint density at radius 1 is 1.47 bits per heavy atom. The molecule has 0 aliphatic rings. The second-order valence-corrected chi connectivity index (χ2v) is 6.90. The predicted molar refractivity (Wildman–Crippen MR) is 68.7 cm³/mol. The van der Waals surface area contributed by atoms with E-state index in [0.29, 0.717) is 12.6 Å². The first-order valence-electron chi connectivity index (χ1n) is 5.72. The van der Waals surface area contributed by atoms with Gasteiger partial charge in [0.1, 0.15) is 9.84 Å². The average Bonchev–Trinajstić information content (AvgIpc) is 2.52. The van der Waals surface area contributed by atoms with Crippen molar-refractivity contribution < 1.29 is 8.42 Å². The molecule has 0 atom stereocenters. The van der Waals surface area contributed by atoms with E-state index in [1.54, 1.807) is 10.9 Å².